The van der Waals surface area contributed by atoms with Crippen LogP contribution in [0.2, 0.25) is 0 Å². The Morgan fingerprint density at radius 1 is 1.14 bits per heavy atom. The maximum atomic E-state index is 11.6. The van der Waals surface area contributed by atoms with Crippen LogP contribution in [0.3, 0.4) is 0 Å². The van der Waals surface area contributed by atoms with E-state index in [1.165, 1.54) is 19.1 Å². The molecule has 0 bridgehead atoms. The summed E-state index contributed by atoms with van der Waals surface area (Å²) in [6, 6.07) is 0. The van der Waals surface area contributed by atoms with Crippen LogP contribution in [0.5, 0.6) is 0 Å². The van der Waals surface area contributed by atoms with Gasteiger partial charge in [0.15, 0.2) is 0 Å². The number of aliphatic hydroxyl groups is 1. The van der Waals surface area contributed by atoms with Crippen molar-refractivity contribution in [3.05, 3.63) is 0 Å². The standard InChI is InChI=1S/C17H32N2O2/c1-15-4-6-17(14-20,7-5-15)13-19-10-8-18(9-11-19)12-16(2,3)21/h14-15,21H,4-13H2,1-3H3. The number of piperazine rings is 1. The first-order valence-corrected chi connectivity index (χ1v) is 8.45. The molecule has 4 heteroatoms. The molecule has 122 valence electrons. The molecule has 2 aliphatic rings. The zero-order chi connectivity index (χ0) is 15.5. The molecule has 0 radical (unpaired) electrons. The van der Waals surface area contributed by atoms with Crippen molar-refractivity contribution in [2.45, 2.75) is 52.1 Å². The lowest BCUT2D eigenvalue weighted by molar-refractivity contribution is -0.120. The smallest absolute Gasteiger partial charge is 0.127 e. The van der Waals surface area contributed by atoms with E-state index in [1.54, 1.807) is 0 Å². The predicted octanol–water partition coefficient (Wildman–Crippen LogP) is 1.77. The summed E-state index contributed by atoms with van der Waals surface area (Å²) >= 11 is 0. The minimum Gasteiger partial charge on any atom is -0.389 e. The van der Waals surface area contributed by atoms with Crippen molar-refractivity contribution in [2.24, 2.45) is 11.3 Å². The maximum absolute atomic E-state index is 11.6. The van der Waals surface area contributed by atoms with Gasteiger partial charge < -0.3 is 9.90 Å². The van der Waals surface area contributed by atoms with Crippen molar-refractivity contribution < 1.29 is 9.90 Å². The van der Waals surface area contributed by atoms with Gasteiger partial charge in [0.25, 0.3) is 0 Å². The van der Waals surface area contributed by atoms with Gasteiger partial charge in [-0.25, -0.2) is 0 Å². The Balaban J connectivity index is 1.81. The summed E-state index contributed by atoms with van der Waals surface area (Å²) in [5.41, 5.74) is -0.712. The van der Waals surface area contributed by atoms with Gasteiger partial charge in [0.05, 0.1) is 5.60 Å². The third-order valence-corrected chi connectivity index (χ3v) is 5.13. The van der Waals surface area contributed by atoms with Gasteiger partial charge in [-0.05, 0) is 45.4 Å². The van der Waals surface area contributed by atoms with Crippen LogP contribution in [0.1, 0.15) is 46.5 Å². The van der Waals surface area contributed by atoms with Crippen LogP contribution in [-0.2, 0) is 4.79 Å². The lowest BCUT2D eigenvalue weighted by Crippen LogP contribution is -2.53. The molecule has 21 heavy (non-hydrogen) atoms. The van der Waals surface area contributed by atoms with E-state index in [0.717, 1.165) is 58.0 Å². The Morgan fingerprint density at radius 2 is 1.67 bits per heavy atom. The van der Waals surface area contributed by atoms with E-state index < -0.39 is 5.60 Å². The van der Waals surface area contributed by atoms with Crippen LogP contribution in [0, 0.1) is 11.3 Å². The third kappa shape index (κ3) is 5.04. The Morgan fingerprint density at radius 3 is 2.14 bits per heavy atom. The molecule has 0 aromatic heterocycles. The lowest BCUT2D eigenvalue weighted by Gasteiger charge is -2.42. The molecule has 0 aromatic carbocycles. The van der Waals surface area contributed by atoms with E-state index in [2.05, 4.69) is 16.7 Å². The summed E-state index contributed by atoms with van der Waals surface area (Å²) < 4.78 is 0. The fraction of sp³-hybridized carbons (Fsp3) is 0.941. The molecule has 1 saturated heterocycles. The average molecular weight is 296 g/mol. The molecule has 0 atom stereocenters. The van der Waals surface area contributed by atoms with Gasteiger partial charge in [0.1, 0.15) is 6.29 Å². The normalized spacial score (nSPS) is 33.0. The Kier molecular flexibility index (Phi) is 5.44. The fourth-order valence-corrected chi connectivity index (χ4v) is 3.75. The number of nitrogens with zero attached hydrogens (tertiary/aromatic N) is 2. The van der Waals surface area contributed by atoms with Crippen molar-refractivity contribution in [3.63, 3.8) is 0 Å². The van der Waals surface area contributed by atoms with E-state index in [0.29, 0.717) is 0 Å². The first kappa shape index (κ1) is 16.9. The molecule has 1 aliphatic carbocycles. The summed E-state index contributed by atoms with van der Waals surface area (Å²) in [6.45, 7) is 11.7. The highest BCUT2D eigenvalue weighted by molar-refractivity contribution is 5.60. The van der Waals surface area contributed by atoms with Crippen molar-refractivity contribution in [1.29, 1.82) is 0 Å². The van der Waals surface area contributed by atoms with Gasteiger partial charge in [0, 0.05) is 44.7 Å². The Hall–Kier alpha value is -0.450. The number of carbonyl (C=O) groups is 1. The third-order valence-electron chi connectivity index (χ3n) is 5.13. The summed E-state index contributed by atoms with van der Waals surface area (Å²) in [5, 5.41) is 9.90. The predicted molar refractivity (Wildman–Crippen MR) is 85.3 cm³/mol. The first-order valence-electron chi connectivity index (χ1n) is 8.45. The molecular weight excluding hydrogens is 264 g/mol. The highest BCUT2D eigenvalue weighted by Gasteiger charge is 2.36. The van der Waals surface area contributed by atoms with E-state index in [9.17, 15) is 9.90 Å². The highest BCUT2D eigenvalue weighted by atomic mass is 16.3. The largest absolute Gasteiger partial charge is 0.389 e. The second-order valence-electron chi connectivity index (χ2n) is 8.03. The van der Waals surface area contributed by atoms with E-state index in [-0.39, 0.29) is 5.41 Å². The SMILES string of the molecule is CC1CCC(C=O)(CN2CCN(CC(C)(C)O)CC2)CC1. The van der Waals surface area contributed by atoms with Crippen molar-refractivity contribution in [1.82, 2.24) is 9.80 Å². The monoisotopic (exact) mass is 296 g/mol. The summed E-state index contributed by atoms with van der Waals surface area (Å²) in [6.07, 6.45) is 5.74. The zero-order valence-corrected chi connectivity index (χ0v) is 14.0. The number of β-amino-alcohol motifs (C(OH)–C–C–N with tert-alkyl or cyclic N) is 1. The maximum Gasteiger partial charge on any atom is 0.127 e. The first-order chi connectivity index (χ1) is 9.82. The number of hydrogen-bond acceptors (Lipinski definition) is 4. The van der Waals surface area contributed by atoms with Crippen molar-refractivity contribution in [3.8, 4) is 0 Å². The fourth-order valence-electron chi connectivity index (χ4n) is 3.75. The Bertz CT molecular complexity index is 335. The van der Waals surface area contributed by atoms with Gasteiger partial charge >= 0.3 is 0 Å². The summed E-state index contributed by atoms with van der Waals surface area (Å²) in [4.78, 5) is 16.4. The van der Waals surface area contributed by atoms with Crippen LogP contribution >= 0.6 is 0 Å². The molecule has 2 rings (SSSR count). The number of aldehydes is 1. The molecule has 1 saturated carbocycles. The molecule has 4 nitrogen and oxygen atoms in total. The number of hydrogen-bond donors (Lipinski definition) is 1. The lowest BCUT2D eigenvalue weighted by atomic mass is 9.71. The van der Waals surface area contributed by atoms with Crippen LogP contribution in [-0.4, -0.2) is 66.1 Å². The van der Waals surface area contributed by atoms with Crippen LogP contribution < -0.4 is 0 Å². The molecule has 0 spiro atoms. The van der Waals surface area contributed by atoms with E-state index in [1.807, 2.05) is 13.8 Å². The van der Waals surface area contributed by atoms with Crippen LogP contribution in [0.25, 0.3) is 0 Å². The summed E-state index contributed by atoms with van der Waals surface area (Å²) in [7, 11) is 0. The molecule has 1 N–H and O–H groups in total. The van der Waals surface area contributed by atoms with Crippen molar-refractivity contribution >= 4 is 6.29 Å². The minimum absolute atomic E-state index is 0.0923. The van der Waals surface area contributed by atoms with E-state index >= 15 is 0 Å². The Labute approximate surface area is 129 Å². The summed E-state index contributed by atoms with van der Waals surface area (Å²) in [5.74, 6) is 0.779. The average Bonchev–Trinajstić information content (AvgIpc) is 2.42. The highest BCUT2D eigenvalue weighted by Crippen LogP contribution is 2.38. The van der Waals surface area contributed by atoms with Gasteiger partial charge in [-0.1, -0.05) is 6.92 Å². The van der Waals surface area contributed by atoms with Crippen LogP contribution in [0.4, 0.5) is 0 Å². The van der Waals surface area contributed by atoms with Gasteiger partial charge in [-0.15, -0.1) is 0 Å². The molecule has 0 unspecified atom stereocenters. The van der Waals surface area contributed by atoms with Gasteiger partial charge in [-0.2, -0.15) is 0 Å². The second kappa shape index (κ2) is 6.76. The molecule has 0 amide bonds. The molecule has 0 aromatic rings. The molecule has 1 aliphatic heterocycles. The van der Waals surface area contributed by atoms with E-state index in [4.69, 9.17) is 0 Å². The molecule has 2 fully saturated rings. The van der Waals surface area contributed by atoms with Crippen LogP contribution in [0.15, 0.2) is 0 Å². The zero-order valence-electron chi connectivity index (χ0n) is 14.0. The van der Waals surface area contributed by atoms with Crippen molar-refractivity contribution in [2.75, 3.05) is 39.3 Å². The molecular formula is C17H32N2O2. The topological polar surface area (TPSA) is 43.8 Å². The van der Waals surface area contributed by atoms with Gasteiger partial charge in [0.2, 0.25) is 0 Å². The number of rotatable bonds is 5. The second-order valence-corrected chi connectivity index (χ2v) is 8.03. The number of carbonyl (C=O) groups excluding carboxylic acids is 1. The van der Waals surface area contributed by atoms with Gasteiger partial charge in [-0.3, -0.25) is 9.80 Å². The quantitative estimate of drug-likeness (QED) is 0.785. The minimum atomic E-state index is -0.619. The molecule has 1 heterocycles.